The van der Waals surface area contributed by atoms with Crippen molar-refractivity contribution in [1.29, 1.82) is 0 Å². The molecule has 6 nitrogen and oxygen atoms in total. The first-order valence-corrected chi connectivity index (χ1v) is 8.51. The van der Waals surface area contributed by atoms with Crippen molar-refractivity contribution >= 4 is 11.7 Å². The number of ether oxygens (including phenoxy) is 3. The third-order valence-electron chi connectivity index (χ3n) is 3.92. The van der Waals surface area contributed by atoms with Crippen LogP contribution in [0.25, 0.3) is 0 Å². The molecular formula is C20H26N2O4. The van der Waals surface area contributed by atoms with Gasteiger partial charge in [-0.1, -0.05) is 18.2 Å². The molecule has 0 saturated heterocycles. The van der Waals surface area contributed by atoms with Crippen LogP contribution >= 0.6 is 0 Å². The van der Waals surface area contributed by atoms with Crippen molar-refractivity contribution in [2.45, 2.75) is 20.3 Å². The maximum atomic E-state index is 12.0. The van der Waals surface area contributed by atoms with Gasteiger partial charge in [-0.25, -0.2) is 4.79 Å². The highest BCUT2D eigenvalue weighted by Gasteiger charge is 2.08. The summed E-state index contributed by atoms with van der Waals surface area (Å²) in [5.74, 6) is 2.12. The molecule has 2 aromatic carbocycles. The van der Waals surface area contributed by atoms with Crippen LogP contribution < -0.4 is 24.8 Å². The van der Waals surface area contributed by atoms with Gasteiger partial charge in [0.15, 0.2) is 0 Å². The lowest BCUT2D eigenvalue weighted by Crippen LogP contribution is -2.30. The first-order valence-electron chi connectivity index (χ1n) is 8.51. The lowest BCUT2D eigenvalue weighted by atomic mass is 10.1. The van der Waals surface area contributed by atoms with Crippen LogP contribution in [0.4, 0.5) is 10.5 Å². The van der Waals surface area contributed by atoms with E-state index in [2.05, 4.69) is 10.6 Å². The van der Waals surface area contributed by atoms with Crippen LogP contribution in [0.1, 0.15) is 17.5 Å². The van der Waals surface area contributed by atoms with Gasteiger partial charge in [0.25, 0.3) is 0 Å². The number of aryl methyl sites for hydroxylation is 2. The average molecular weight is 358 g/mol. The maximum Gasteiger partial charge on any atom is 0.319 e. The summed E-state index contributed by atoms with van der Waals surface area (Å²) in [5.41, 5.74) is 2.81. The molecule has 6 heteroatoms. The van der Waals surface area contributed by atoms with E-state index in [9.17, 15) is 4.79 Å². The van der Waals surface area contributed by atoms with Crippen molar-refractivity contribution in [1.82, 2.24) is 5.32 Å². The van der Waals surface area contributed by atoms with Crippen LogP contribution in [0.5, 0.6) is 17.2 Å². The molecule has 0 atom stereocenters. The van der Waals surface area contributed by atoms with Crippen LogP contribution in [0.15, 0.2) is 36.4 Å². The zero-order valence-corrected chi connectivity index (χ0v) is 15.7. The van der Waals surface area contributed by atoms with Crippen molar-refractivity contribution in [2.24, 2.45) is 0 Å². The first-order chi connectivity index (χ1) is 12.5. The highest BCUT2D eigenvalue weighted by atomic mass is 16.5. The minimum atomic E-state index is -0.291. The molecule has 2 rings (SSSR count). The third-order valence-corrected chi connectivity index (χ3v) is 3.92. The van der Waals surface area contributed by atoms with E-state index in [1.54, 1.807) is 32.4 Å². The fourth-order valence-electron chi connectivity index (χ4n) is 2.54. The minimum absolute atomic E-state index is 0.291. The monoisotopic (exact) mass is 358 g/mol. The number of hydrogen-bond acceptors (Lipinski definition) is 4. The summed E-state index contributed by atoms with van der Waals surface area (Å²) in [6, 6.07) is 11.0. The second-order valence-corrected chi connectivity index (χ2v) is 5.87. The number of anilines is 1. The fraction of sp³-hybridized carbons (Fsp3) is 0.350. The molecule has 140 valence electrons. The van der Waals surface area contributed by atoms with Gasteiger partial charge in [-0.05, 0) is 43.5 Å². The van der Waals surface area contributed by atoms with Crippen LogP contribution in [0.3, 0.4) is 0 Å². The second-order valence-electron chi connectivity index (χ2n) is 5.87. The maximum absolute atomic E-state index is 12.0. The van der Waals surface area contributed by atoms with E-state index in [0.717, 1.165) is 16.9 Å². The van der Waals surface area contributed by atoms with Gasteiger partial charge in [0.2, 0.25) is 0 Å². The number of carbonyl (C=O) groups is 1. The molecule has 0 aliphatic heterocycles. The second kappa shape index (κ2) is 9.56. The largest absolute Gasteiger partial charge is 0.497 e. The summed E-state index contributed by atoms with van der Waals surface area (Å²) in [4.78, 5) is 12.0. The molecular weight excluding hydrogens is 332 g/mol. The first kappa shape index (κ1) is 19.4. The Balaban J connectivity index is 1.76. The van der Waals surface area contributed by atoms with E-state index >= 15 is 0 Å². The number of urea groups is 1. The van der Waals surface area contributed by atoms with Gasteiger partial charge in [0.1, 0.15) is 17.2 Å². The molecule has 0 bridgehead atoms. The topological polar surface area (TPSA) is 68.8 Å². The van der Waals surface area contributed by atoms with Crippen LogP contribution in [0, 0.1) is 13.8 Å². The Kier molecular flexibility index (Phi) is 7.14. The molecule has 0 fully saturated rings. The third kappa shape index (κ3) is 5.31. The molecule has 0 saturated carbocycles. The number of rotatable bonds is 8. The summed E-state index contributed by atoms with van der Waals surface area (Å²) < 4.78 is 16.2. The number of nitrogens with one attached hydrogen (secondary N) is 2. The summed E-state index contributed by atoms with van der Waals surface area (Å²) in [7, 11) is 3.12. The fourth-order valence-corrected chi connectivity index (χ4v) is 2.54. The SMILES string of the molecule is COc1ccc(NC(=O)NCCCOc2c(C)cccc2C)c(OC)c1. The van der Waals surface area contributed by atoms with Gasteiger partial charge in [0.05, 0.1) is 26.5 Å². The Hall–Kier alpha value is -2.89. The minimum Gasteiger partial charge on any atom is -0.497 e. The van der Waals surface area contributed by atoms with Crippen molar-refractivity contribution in [3.63, 3.8) is 0 Å². The molecule has 0 aliphatic carbocycles. The molecule has 2 amide bonds. The number of amides is 2. The van der Waals surface area contributed by atoms with Crippen molar-refractivity contribution < 1.29 is 19.0 Å². The molecule has 0 heterocycles. The van der Waals surface area contributed by atoms with Crippen LogP contribution in [-0.4, -0.2) is 33.4 Å². The van der Waals surface area contributed by atoms with Crippen LogP contribution in [-0.2, 0) is 0 Å². The van der Waals surface area contributed by atoms with E-state index in [1.807, 2.05) is 32.0 Å². The summed E-state index contributed by atoms with van der Waals surface area (Å²) in [6.45, 7) is 5.10. The highest BCUT2D eigenvalue weighted by molar-refractivity contribution is 5.91. The normalized spacial score (nSPS) is 10.2. The number of carbonyl (C=O) groups excluding carboxylic acids is 1. The number of hydrogen-bond donors (Lipinski definition) is 2. The molecule has 2 N–H and O–H groups in total. The molecule has 0 spiro atoms. The van der Waals surface area contributed by atoms with Crippen molar-refractivity contribution in [3.05, 3.63) is 47.5 Å². The Bertz CT molecular complexity index is 726. The number of para-hydroxylation sites is 1. The highest BCUT2D eigenvalue weighted by Crippen LogP contribution is 2.28. The smallest absolute Gasteiger partial charge is 0.319 e. The van der Waals surface area contributed by atoms with Crippen LogP contribution in [0.2, 0.25) is 0 Å². The van der Waals surface area contributed by atoms with E-state index in [0.29, 0.717) is 36.8 Å². The van der Waals surface area contributed by atoms with Gasteiger partial charge in [-0.15, -0.1) is 0 Å². The van der Waals surface area contributed by atoms with Gasteiger partial charge < -0.3 is 24.8 Å². The quantitative estimate of drug-likeness (QED) is 0.702. The van der Waals surface area contributed by atoms with Gasteiger partial charge in [-0.2, -0.15) is 0 Å². The predicted molar refractivity (Wildman–Crippen MR) is 103 cm³/mol. The Labute approximate surface area is 154 Å². The molecule has 2 aromatic rings. The zero-order valence-electron chi connectivity index (χ0n) is 15.7. The average Bonchev–Trinajstić information content (AvgIpc) is 2.63. The van der Waals surface area contributed by atoms with E-state index in [1.165, 1.54) is 0 Å². The molecule has 0 aliphatic rings. The van der Waals surface area contributed by atoms with E-state index in [4.69, 9.17) is 14.2 Å². The Morgan fingerprint density at radius 2 is 1.77 bits per heavy atom. The van der Waals surface area contributed by atoms with Crippen molar-refractivity contribution in [3.8, 4) is 17.2 Å². The van der Waals surface area contributed by atoms with E-state index in [-0.39, 0.29) is 6.03 Å². The molecule has 0 aromatic heterocycles. The number of methoxy groups -OCH3 is 2. The van der Waals surface area contributed by atoms with Gasteiger partial charge in [0, 0.05) is 12.6 Å². The van der Waals surface area contributed by atoms with Gasteiger partial charge in [-0.3, -0.25) is 0 Å². The molecule has 26 heavy (non-hydrogen) atoms. The summed E-state index contributed by atoms with van der Waals surface area (Å²) in [5, 5.41) is 5.58. The zero-order chi connectivity index (χ0) is 18.9. The lowest BCUT2D eigenvalue weighted by molar-refractivity contribution is 0.250. The Morgan fingerprint density at radius 1 is 1.04 bits per heavy atom. The lowest BCUT2D eigenvalue weighted by Gasteiger charge is -2.13. The molecule has 0 radical (unpaired) electrons. The Morgan fingerprint density at radius 3 is 2.42 bits per heavy atom. The van der Waals surface area contributed by atoms with Crippen molar-refractivity contribution in [2.75, 3.05) is 32.7 Å². The summed E-state index contributed by atoms with van der Waals surface area (Å²) in [6.07, 6.45) is 0.709. The van der Waals surface area contributed by atoms with Gasteiger partial charge >= 0.3 is 6.03 Å². The van der Waals surface area contributed by atoms with E-state index < -0.39 is 0 Å². The molecule has 0 unspecified atom stereocenters. The summed E-state index contributed by atoms with van der Waals surface area (Å²) >= 11 is 0. The number of benzene rings is 2. The predicted octanol–water partition coefficient (Wildman–Crippen LogP) is 3.91. The standard InChI is InChI=1S/C20H26N2O4/c1-14-7-5-8-15(2)19(14)26-12-6-11-21-20(23)22-17-10-9-16(24-3)13-18(17)25-4/h5,7-10,13H,6,11-12H2,1-4H3,(H2,21,22,23).